The third-order valence-electron chi connectivity index (χ3n) is 4.62. The number of aromatic amines is 1. The van der Waals surface area contributed by atoms with Crippen LogP contribution in [0.25, 0.3) is 10.9 Å². The van der Waals surface area contributed by atoms with Gasteiger partial charge in [0.25, 0.3) is 5.91 Å². The fourth-order valence-corrected chi connectivity index (χ4v) is 3.41. The highest BCUT2D eigenvalue weighted by atomic mass is 35.5. The molecule has 6 nitrogen and oxygen atoms in total. The fraction of sp³-hybridized carbons (Fsp3) is 0.211. The van der Waals surface area contributed by atoms with Gasteiger partial charge in [-0.05, 0) is 30.3 Å². The molecule has 1 unspecified atom stereocenters. The lowest BCUT2D eigenvalue weighted by Crippen LogP contribution is -2.31. The number of carbonyl (C=O) groups is 2. The number of benzene rings is 1. The topological polar surface area (TPSA) is 78.1 Å². The van der Waals surface area contributed by atoms with Crippen LogP contribution in [0.2, 0.25) is 5.02 Å². The van der Waals surface area contributed by atoms with Gasteiger partial charge in [-0.1, -0.05) is 11.6 Å². The molecule has 2 aromatic heterocycles. The standard InChI is InChI=1S/C19H17ClN4O2/c20-13-1-3-14(4-2-13)24-11-12(7-18(24)25)8-23-19(26)16-9-21-10-17-15(16)5-6-22-17/h1-6,9-10,12,22H,7-8,11H2,(H,23,26). The summed E-state index contributed by atoms with van der Waals surface area (Å²) in [6.07, 6.45) is 5.44. The molecule has 3 aromatic rings. The number of amides is 2. The number of rotatable bonds is 4. The molecule has 1 fully saturated rings. The highest BCUT2D eigenvalue weighted by Crippen LogP contribution is 2.26. The summed E-state index contributed by atoms with van der Waals surface area (Å²) >= 11 is 5.90. The van der Waals surface area contributed by atoms with Crippen molar-refractivity contribution in [3.05, 3.63) is 59.5 Å². The number of hydrogen-bond donors (Lipinski definition) is 2. The second kappa shape index (κ2) is 6.80. The predicted molar refractivity (Wildman–Crippen MR) is 100 cm³/mol. The lowest BCUT2D eigenvalue weighted by atomic mass is 10.1. The average Bonchev–Trinajstić information content (AvgIpc) is 3.26. The highest BCUT2D eigenvalue weighted by Gasteiger charge is 2.30. The molecular weight excluding hydrogens is 352 g/mol. The minimum atomic E-state index is -0.180. The summed E-state index contributed by atoms with van der Waals surface area (Å²) in [6, 6.07) is 9.06. The Morgan fingerprint density at radius 1 is 1.27 bits per heavy atom. The third kappa shape index (κ3) is 3.15. The summed E-state index contributed by atoms with van der Waals surface area (Å²) < 4.78 is 0. The van der Waals surface area contributed by atoms with E-state index in [1.54, 1.807) is 35.6 Å². The van der Waals surface area contributed by atoms with Crippen LogP contribution in [0.5, 0.6) is 0 Å². The Hall–Kier alpha value is -2.86. The summed E-state index contributed by atoms with van der Waals surface area (Å²) in [5.74, 6) is -0.0541. The van der Waals surface area contributed by atoms with Crippen LogP contribution < -0.4 is 10.2 Å². The second-order valence-corrected chi connectivity index (χ2v) is 6.82. The number of hydrogen-bond acceptors (Lipinski definition) is 3. The highest BCUT2D eigenvalue weighted by molar-refractivity contribution is 6.30. The molecule has 3 heterocycles. The Morgan fingerprint density at radius 3 is 2.88 bits per heavy atom. The van der Waals surface area contributed by atoms with Crippen molar-refractivity contribution in [3.8, 4) is 0 Å². The van der Waals surface area contributed by atoms with E-state index in [0.29, 0.717) is 30.1 Å². The number of fused-ring (bicyclic) bond motifs is 1. The molecule has 0 saturated carbocycles. The van der Waals surface area contributed by atoms with Gasteiger partial charge in [-0.2, -0.15) is 0 Å². The number of carbonyl (C=O) groups excluding carboxylic acids is 2. The first kappa shape index (κ1) is 16.6. The van der Waals surface area contributed by atoms with Gasteiger partial charge in [0.1, 0.15) is 0 Å². The normalized spacial score (nSPS) is 17.0. The summed E-state index contributed by atoms with van der Waals surface area (Å²) in [5, 5.41) is 4.40. The zero-order valence-electron chi connectivity index (χ0n) is 13.9. The Kier molecular flexibility index (Phi) is 4.34. The van der Waals surface area contributed by atoms with Gasteiger partial charge in [0.15, 0.2) is 0 Å². The van der Waals surface area contributed by atoms with E-state index < -0.39 is 0 Å². The molecule has 132 valence electrons. The maximum Gasteiger partial charge on any atom is 0.253 e. The van der Waals surface area contributed by atoms with Gasteiger partial charge in [0.2, 0.25) is 5.91 Å². The van der Waals surface area contributed by atoms with Crippen molar-refractivity contribution in [2.45, 2.75) is 6.42 Å². The van der Waals surface area contributed by atoms with Crippen molar-refractivity contribution in [2.75, 3.05) is 18.0 Å². The molecule has 0 radical (unpaired) electrons. The van der Waals surface area contributed by atoms with Crippen molar-refractivity contribution >= 4 is 40.0 Å². The second-order valence-electron chi connectivity index (χ2n) is 6.39. The van der Waals surface area contributed by atoms with E-state index >= 15 is 0 Å². The average molecular weight is 369 g/mol. The van der Waals surface area contributed by atoms with E-state index in [-0.39, 0.29) is 17.7 Å². The van der Waals surface area contributed by atoms with Gasteiger partial charge < -0.3 is 15.2 Å². The van der Waals surface area contributed by atoms with Crippen molar-refractivity contribution in [1.82, 2.24) is 15.3 Å². The van der Waals surface area contributed by atoms with Crippen LogP contribution in [-0.4, -0.2) is 34.9 Å². The van der Waals surface area contributed by atoms with E-state index in [9.17, 15) is 9.59 Å². The molecule has 1 atom stereocenters. The van der Waals surface area contributed by atoms with Crippen LogP contribution in [0, 0.1) is 5.92 Å². The molecule has 1 saturated heterocycles. The molecule has 2 amide bonds. The van der Waals surface area contributed by atoms with Gasteiger partial charge in [0.05, 0.1) is 17.3 Å². The molecule has 1 aromatic carbocycles. The Bertz CT molecular complexity index is 967. The maximum atomic E-state index is 12.5. The van der Waals surface area contributed by atoms with Crippen LogP contribution in [-0.2, 0) is 4.79 Å². The van der Waals surface area contributed by atoms with E-state index in [0.717, 1.165) is 16.6 Å². The van der Waals surface area contributed by atoms with Crippen molar-refractivity contribution in [1.29, 1.82) is 0 Å². The lowest BCUT2D eigenvalue weighted by Gasteiger charge is -2.17. The van der Waals surface area contributed by atoms with Crippen LogP contribution in [0.1, 0.15) is 16.8 Å². The summed E-state index contributed by atoms with van der Waals surface area (Å²) in [6.45, 7) is 1.02. The number of nitrogens with one attached hydrogen (secondary N) is 2. The molecule has 0 spiro atoms. The van der Waals surface area contributed by atoms with Crippen molar-refractivity contribution in [3.63, 3.8) is 0 Å². The van der Waals surface area contributed by atoms with E-state index in [1.807, 2.05) is 18.2 Å². The number of H-pyrrole nitrogens is 1. The summed E-state index contributed by atoms with van der Waals surface area (Å²) in [5.41, 5.74) is 2.18. The molecular formula is C19H17ClN4O2. The number of anilines is 1. The first-order chi connectivity index (χ1) is 12.6. The van der Waals surface area contributed by atoms with E-state index in [2.05, 4.69) is 15.3 Å². The van der Waals surface area contributed by atoms with Gasteiger partial charge in [-0.3, -0.25) is 14.6 Å². The van der Waals surface area contributed by atoms with Gasteiger partial charge in [-0.15, -0.1) is 0 Å². The number of halogens is 1. The van der Waals surface area contributed by atoms with Crippen molar-refractivity contribution in [2.24, 2.45) is 5.92 Å². The summed E-state index contributed by atoms with van der Waals surface area (Å²) in [4.78, 5) is 33.7. The minimum absolute atomic E-state index is 0.0565. The van der Waals surface area contributed by atoms with E-state index in [1.165, 1.54) is 0 Å². The lowest BCUT2D eigenvalue weighted by molar-refractivity contribution is -0.117. The summed E-state index contributed by atoms with van der Waals surface area (Å²) in [7, 11) is 0. The molecule has 26 heavy (non-hydrogen) atoms. The van der Waals surface area contributed by atoms with Gasteiger partial charge in [-0.25, -0.2) is 0 Å². The minimum Gasteiger partial charge on any atom is -0.360 e. The first-order valence-corrected chi connectivity index (χ1v) is 8.75. The van der Waals surface area contributed by atoms with Crippen LogP contribution in [0.3, 0.4) is 0 Å². The fourth-order valence-electron chi connectivity index (χ4n) is 3.28. The predicted octanol–water partition coefficient (Wildman–Crippen LogP) is 3.00. The van der Waals surface area contributed by atoms with Crippen LogP contribution in [0.15, 0.2) is 48.9 Å². The number of nitrogens with zero attached hydrogens (tertiary/aromatic N) is 2. The Morgan fingerprint density at radius 2 is 2.08 bits per heavy atom. The smallest absolute Gasteiger partial charge is 0.253 e. The van der Waals surface area contributed by atoms with E-state index in [4.69, 9.17) is 11.6 Å². The quantitative estimate of drug-likeness (QED) is 0.743. The zero-order chi connectivity index (χ0) is 18.1. The first-order valence-electron chi connectivity index (χ1n) is 8.37. The van der Waals surface area contributed by atoms with Crippen LogP contribution >= 0.6 is 11.6 Å². The molecule has 4 rings (SSSR count). The zero-order valence-corrected chi connectivity index (χ0v) is 14.7. The molecule has 7 heteroatoms. The van der Waals surface area contributed by atoms with Gasteiger partial charge in [0, 0.05) is 53.9 Å². The number of aromatic nitrogens is 2. The largest absolute Gasteiger partial charge is 0.360 e. The molecule has 0 aliphatic carbocycles. The molecule has 2 N–H and O–H groups in total. The third-order valence-corrected chi connectivity index (χ3v) is 4.87. The maximum absolute atomic E-state index is 12.5. The molecule has 0 bridgehead atoms. The molecule has 1 aliphatic heterocycles. The monoisotopic (exact) mass is 368 g/mol. The van der Waals surface area contributed by atoms with Gasteiger partial charge >= 0.3 is 0 Å². The van der Waals surface area contributed by atoms with Crippen molar-refractivity contribution < 1.29 is 9.59 Å². The SMILES string of the molecule is O=C(NCC1CC(=O)N(c2ccc(Cl)cc2)C1)c1cncc2[nH]ccc12. The number of pyridine rings is 1. The van der Waals surface area contributed by atoms with Crippen LogP contribution in [0.4, 0.5) is 5.69 Å². The Labute approximate surface area is 155 Å². The molecule has 1 aliphatic rings. The Balaban J connectivity index is 1.41.